The summed E-state index contributed by atoms with van der Waals surface area (Å²) in [5.41, 5.74) is 1.59. The van der Waals surface area contributed by atoms with Gasteiger partial charge in [-0.1, -0.05) is 35.2 Å². The van der Waals surface area contributed by atoms with Gasteiger partial charge >= 0.3 is 5.97 Å². The zero-order valence-electron chi connectivity index (χ0n) is 12.6. The Hall–Kier alpha value is -1.36. The molecule has 1 aromatic rings. The molecule has 0 aromatic heterocycles. The molecule has 1 aliphatic carbocycles. The Morgan fingerprint density at radius 3 is 2.68 bits per heavy atom. The number of hydrogen-bond acceptors (Lipinski definition) is 3. The van der Waals surface area contributed by atoms with Crippen molar-refractivity contribution in [3.05, 3.63) is 28.2 Å². The van der Waals surface area contributed by atoms with E-state index in [0.29, 0.717) is 24.6 Å². The Labute approximate surface area is 139 Å². The Morgan fingerprint density at radius 1 is 1.32 bits per heavy atom. The second kappa shape index (κ2) is 8.32. The summed E-state index contributed by atoms with van der Waals surface area (Å²) in [6.45, 7) is 0.680. The van der Waals surface area contributed by atoms with Gasteiger partial charge in [-0.3, -0.25) is 9.59 Å². The minimum Gasteiger partial charge on any atom is -0.481 e. The van der Waals surface area contributed by atoms with Gasteiger partial charge < -0.3 is 10.0 Å². The summed E-state index contributed by atoms with van der Waals surface area (Å²) in [5, 5.41) is 8.86. The van der Waals surface area contributed by atoms with Crippen molar-refractivity contribution in [3.63, 3.8) is 0 Å². The lowest BCUT2D eigenvalue weighted by Crippen LogP contribution is -2.38. The number of carbonyl (C=O) groups excluding carboxylic acids is 1. The maximum atomic E-state index is 11.4. The molecule has 0 radical (unpaired) electrons. The van der Waals surface area contributed by atoms with Crippen molar-refractivity contribution in [2.24, 2.45) is 0 Å². The maximum absolute atomic E-state index is 11.4. The van der Waals surface area contributed by atoms with E-state index >= 15 is 0 Å². The zero-order chi connectivity index (χ0) is 15.9. The molecule has 1 aromatic carbocycles. The number of halogens is 1. The third kappa shape index (κ3) is 4.57. The van der Waals surface area contributed by atoms with Crippen LogP contribution in [-0.2, 0) is 4.79 Å². The van der Waals surface area contributed by atoms with Crippen LogP contribution >= 0.6 is 15.9 Å². The minimum atomic E-state index is -0.769. The molecule has 4 nitrogen and oxygen atoms in total. The summed E-state index contributed by atoms with van der Waals surface area (Å²) in [6.07, 6.45) is 7.53. The SMILES string of the molecule is O=Cc1cc(Br)ccc1N(CCCC(=O)O)C1CCCCC1. The highest BCUT2D eigenvalue weighted by Gasteiger charge is 2.23. The van der Waals surface area contributed by atoms with Crippen LogP contribution in [0, 0.1) is 0 Å². The van der Waals surface area contributed by atoms with Crippen LogP contribution in [0.15, 0.2) is 22.7 Å². The molecule has 120 valence electrons. The fourth-order valence-electron chi connectivity index (χ4n) is 3.17. The molecule has 0 unspecified atom stereocenters. The van der Waals surface area contributed by atoms with Crippen molar-refractivity contribution >= 4 is 33.9 Å². The van der Waals surface area contributed by atoms with Crippen LogP contribution in [0.4, 0.5) is 5.69 Å². The van der Waals surface area contributed by atoms with Gasteiger partial charge in [0.05, 0.1) is 0 Å². The average molecular weight is 368 g/mol. The first-order valence-electron chi connectivity index (χ1n) is 7.85. The highest BCUT2D eigenvalue weighted by atomic mass is 79.9. The molecular formula is C17H22BrNO3. The van der Waals surface area contributed by atoms with Crippen LogP contribution in [0.3, 0.4) is 0 Å². The van der Waals surface area contributed by atoms with Crippen LogP contribution in [0.1, 0.15) is 55.3 Å². The molecule has 1 saturated carbocycles. The zero-order valence-corrected chi connectivity index (χ0v) is 14.2. The van der Waals surface area contributed by atoms with E-state index in [1.54, 1.807) is 0 Å². The summed E-state index contributed by atoms with van der Waals surface area (Å²) in [4.78, 5) is 24.4. The number of carboxylic acids is 1. The van der Waals surface area contributed by atoms with Crippen LogP contribution < -0.4 is 4.90 Å². The lowest BCUT2D eigenvalue weighted by molar-refractivity contribution is -0.137. The van der Waals surface area contributed by atoms with Crippen LogP contribution in [-0.4, -0.2) is 29.9 Å². The summed E-state index contributed by atoms with van der Waals surface area (Å²) in [6, 6.07) is 6.14. The molecule has 0 atom stereocenters. The largest absolute Gasteiger partial charge is 0.481 e. The van der Waals surface area contributed by atoms with Crippen molar-refractivity contribution in [1.29, 1.82) is 0 Å². The van der Waals surface area contributed by atoms with Crippen molar-refractivity contribution in [3.8, 4) is 0 Å². The van der Waals surface area contributed by atoms with Gasteiger partial charge in [-0.05, 0) is 37.5 Å². The summed E-state index contributed by atoms with van der Waals surface area (Å²) >= 11 is 3.40. The lowest BCUT2D eigenvalue weighted by Gasteiger charge is -2.37. The van der Waals surface area contributed by atoms with Gasteiger partial charge in [-0.25, -0.2) is 0 Å². The first kappa shape index (κ1) is 17.0. The number of rotatable bonds is 7. The lowest BCUT2D eigenvalue weighted by atomic mass is 9.93. The van der Waals surface area contributed by atoms with Gasteiger partial charge in [-0.2, -0.15) is 0 Å². The molecule has 0 spiro atoms. The number of carbonyl (C=O) groups is 2. The van der Waals surface area contributed by atoms with E-state index in [4.69, 9.17) is 5.11 Å². The van der Waals surface area contributed by atoms with E-state index in [1.807, 2.05) is 18.2 Å². The van der Waals surface area contributed by atoms with Crippen molar-refractivity contribution in [2.45, 2.75) is 51.0 Å². The van der Waals surface area contributed by atoms with Crippen LogP contribution in [0.25, 0.3) is 0 Å². The van der Waals surface area contributed by atoms with E-state index in [1.165, 1.54) is 19.3 Å². The van der Waals surface area contributed by atoms with E-state index in [2.05, 4.69) is 20.8 Å². The molecular weight excluding hydrogens is 346 g/mol. The quantitative estimate of drug-likeness (QED) is 0.731. The van der Waals surface area contributed by atoms with Crippen LogP contribution in [0.2, 0.25) is 0 Å². The molecule has 0 amide bonds. The Morgan fingerprint density at radius 2 is 2.05 bits per heavy atom. The molecule has 5 heteroatoms. The molecule has 22 heavy (non-hydrogen) atoms. The number of benzene rings is 1. The number of aliphatic carboxylic acids is 1. The fourth-order valence-corrected chi connectivity index (χ4v) is 3.55. The van der Waals surface area contributed by atoms with E-state index < -0.39 is 5.97 Å². The molecule has 0 bridgehead atoms. The molecule has 1 fully saturated rings. The number of carboxylic acid groups (broad SMARTS) is 1. The number of nitrogens with zero attached hydrogens (tertiary/aromatic N) is 1. The predicted octanol–water partition coefficient (Wildman–Crippen LogP) is 4.27. The summed E-state index contributed by atoms with van der Waals surface area (Å²) in [5.74, 6) is -0.769. The fraction of sp³-hybridized carbons (Fsp3) is 0.529. The molecule has 1 aliphatic rings. The first-order valence-corrected chi connectivity index (χ1v) is 8.64. The van der Waals surface area contributed by atoms with E-state index in [9.17, 15) is 9.59 Å². The number of anilines is 1. The second-order valence-electron chi connectivity index (χ2n) is 5.80. The minimum absolute atomic E-state index is 0.163. The standard InChI is InChI=1S/C17H22BrNO3/c18-14-8-9-16(13(11-14)12-20)19(10-4-7-17(21)22)15-5-2-1-3-6-15/h8-9,11-12,15H,1-7,10H2,(H,21,22). The average Bonchev–Trinajstić information content (AvgIpc) is 2.52. The topological polar surface area (TPSA) is 57.6 Å². The van der Waals surface area contributed by atoms with Gasteiger partial charge in [0.1, 0.15) is 0 Å². The highest BCUT2D eigenvalue weighted by Crippen LogP contribution is 2.31. The monoisotopic (exact) mass is 367 g/mol. The molecule has 1 N–H and O–H groups in total. The predicted molar refractivity (Wildman–Crippen MR) is 90.6 cm³/mol. The molecule has 0 aliphatic heterocycles. The van der Waals surface area contributed by atoms with E-state index in [-0.39, 0.29) is 6.42 Å². The smallest absolute Gasteiger partial charge is 0.303 e. The van der Waals surface area contributed by atoms with Gasteiger partial charge in [0.2, 0.25) is 0 Å². The molecule has 0 heterocycles. The van der Waals surface area contributed by atoms with Crippen molar-refractivity contribution in [1.82, 2.24) is 0 Å². The van der Waals surface area contributed by atoms with Gasteiger partial charge in [0.25, 0.3) is 0 Å². The normalized spacial score (nSPS) is 15.5. The molecule has 0 saturated heterocycles. The van der Waals surface area contributed by atoms with Gasteiger partial charge in [0.15, 0.2) is 6.29 Å². The number of hydrogen-bond donors (Lipinski definition) is 1. The summed E-state index contributed by atoms with van der Waals surface area (Å²) in [7, 11) is 0. The van der Waals surface area contributed by atoms with Gasteiger partial charge in [0, 0.05) is 34.7 Å². The molecule has 2 rings (SSSR count). The maximum Gasteiger partial charge on any atom is 0.303 e. The highest BCUT2D eigenvalue weighted by molar-refractivity contribution is 9.10. The van der Waals surface area contributed by atoms with Gasteiger partial charge in [-0.15, -0.1) is 0 Å². The number of aldehydes is 1. The van der Waals surface area contributed by atoms with Crippen LogP contribution in [0.5, 0.6) is 0 Å². The Bertz CT molecular complexity index is 527. The van der Waals surface area contributed by atoms with Crippen molar-refractivity contribution in [2.75, 3.05) is 11.4 Å². The third-order valence-electron chi connectivity index (χ3n) is 4.23. The third-order valence-corrected chi connectivity index (χ3v) is 4.72. The Kier molecular flexibility index (Phi) is 6.43. The van der Waals surface area contributed by atoms with E-state index in [0.717, 1.165) is 29.3 Å². The first-order chi connectivity index (χ1) is 10.6. The Balaban J connectivity index is 2.22. The summed E-state index contributed by atoms with van der Waals surface area (Å²) < 4.78 is 0.882. The second-order valence-corrected chi connectivity index (χ2v) is 6.72. The van der Waals surface area contributed by atoms with Crippen molar-refractivity contribution < 1.29 is 14.7 Å².